The molecule has 4 heteroatoms. The topological polar surface area (TPSA) is 33.2 Å². The Morgan fingerprint density at radius 2 is 1.95 bits per heavy atom. The maximum absolute atomic E-state index is 12.8. The minimum Gasteiger partial charge on any atom is -0.332 e. The van der Waals surface area contributed by atoms with Crippen molar-refractivity contribution in [2.75, 3.05) is 0 Å². The van der Waals surface area contributed by atoms with Crippen molar-refractivity contribution in [1.29, 1.82) is 0 Å². The second-order valence-corrected chi connectivity index (χ2v) is 5.77. The standard InChI is InChI=1S/C17H19BrN2O/c1-3-13(2)20(12-14-8-5-4-6-9-14)17(21)15-10-7-11-19-16(15)18/h4-11,13H,3,12H2,1-2H3. The van der Waals surface area contributed by atoms with Gasteiger partial charge in [-0.05, 0) is 47.0 Å². The maximum atomic E-state index is 12.8. The van der Waals surface area contributed by atoms with E-state index in [4.69, 9.17) is 0 Å². The van der Waals surface area contributed by atoms with Crippen LogP contribution in [0.4, 0.5) is 0 Å². The normalized spacial score (nSPS) is 12.0. The molecule has 0 aliphatic carbocycles. The molecule has 1 heterocycles. The third-order valence-corrected chi connectivity index (χ3v) is 4.20. The summed E-state index contributed by atoms with van der Waals surface area (Å²) in [6, 6.07) is 13.8. The number of rotatable bonds is 5. The number of carbonyl (C=O) groups is 1. The summed E-state index contributed by atoms with van der Waals surface area (Å²) in [4.78, 5) is 18.9. The zero-order chi connectivity index (χ0) is 15.2. The van der Waals surface area contributed by atoms with E-state index in [9.17, 15) is 4.79 Å². The summed E-state index contributed by atoms with van der Waals surface area (Å²) in [5.41, 5.74) is 1.74. The molecule has 0 aliphatic rings. The predicted molar refractivity (Wildman–Crippen MR) is 88.0 cm³/mol. The van der Waals surface area contributed by atoms with Crippen LogP contribution in [0.25, 0.3) is 0 Å². The van der Waals surface area contributed by atoms with Gasteiger partial charge in [0.1, 0.15) is 4.60 Å². The van der Waals surface area contributed by atoms with Gasteiger partial charge < -0.3 is 4.90 Å². The van der Waals surface area contributed by atoms with Gasteiger partial charge in [-0.3, -0.25) is 4.79 Å². The van der Waals surface area contributed by atoms with E-state index in [0.29, 0.717) is 16.7 Å². The van der Waals surface area contributed by atoms with Crippen molar-refractivity contribution in [3.8, 4) is 0 Å². The van der Waals surface area contributed by atoms with Gasteiger partial charge in [0.25, 0.3) is 5.91 Å². The molecule has 0 spiro atoms. The summed E-state index contributed by atoms with van der Waals surface area (Å²) in [6.07, 6.45) is 2.59. The van der Waals surface area contributed by atoms with Crippen LogP contribution in [0, 0.1) is 0 Å². The second-order valence-electron chi connectivity index (χ2n) is 5.02. The molecule has 3 nitrogen and oxygen atoms in total. The third-order valence-electron chi connectivity index (χ3n) is 3.57. The molecule has 2 aromatic rings. The largest absolute Gasteiger partial charge is 0.332 e. The number of carbonyl (C=O) groups excluding carboxylic acids is 1. The molecule has 0 aliphatic heterocycles. The number of benzene rings is 1. The Kier molecular flexibility index (Phi) is 5.51. The molecule has 0 saturated heterocycles. The molecule has 110 valence electrons. The first-order valence-electron chi connectivity index (χ1n) is 7.09. The number of nitrogens with zero attached hydrogens (tertiary/aromatic N) is 2. The molecule has 21 heavy (non-hydrogen) atoms. The highest BCUT2D eigenvalue weighted by atomic mass is 79.9. The predicted octanol–water partition coefficient (Wildman–Crippen LogP) is 4.29. The van der Waals surface area contributed by atoms with E-state index in [1.165, 1.54) is 0 Å². The number of amides is 1. The van der Waals surface area contributed by atoms with Crippen LogP contribution in [0.1, 0.15) is 36.2 Å². The van der Waals surface area contributed by atoms with Gasteiger partial charge in [-0.15, -0.1) is 0 Å². The minimum atomic E-state index is 0.00757. The Balaban J connectivity index is 2.28. The maximum Gasteiger partial charge on any atom is 0.257 e. The quantitative estimate of drug-likeness (QED) is 0.756. The molecule has 0 fully saturated rings. The van der Waals surface area contributed by atoms with Crippen molar-refractivity contribution in [3.63, 3.8) is 0 Å². The van der Waals surface area contributed by atoms with Crippen LogP contribution in [0.15, 0.2) is 53.3 Å². The number of halogens is 1. The van der Waals surface area contributed by atoms with Crippen LogP contribution < -0.4 is 0 Å². The highest BCUT2D eigenvalue weighted by Gasteiger charge is 2.22. The highest BCUT2D eigenvalue weighted by Crippen LogP contribution is 2.19. The average Bonchev–Trinajstić information content (AvgIpc) is 2.53. The molecule has 0 bridgehead atoms. The molecule has 2 rings (SSSR count). The van der Waals surface area contributed by atoms with E-state index in [1.54, 1.807) is 18.3 Å². The second kappa shape index (κ2) is 7.36. The lowest BCUT2D eigenvalue weighted by molar-refractivity contribution is 0.0670. The average molecular weight is 347 g/mol. The number of hydrogen-bond acceptors (Lipinski definition) is 2. The Bertz CT molecular complexity index is 601. The number of aromatic nitrogens is 1. The van der Waals surface area contributed by atoms with Gasteiger partial charge in [-0.1, -0.05) is 37.3 Å². The van der Waals surface area contributed by atoms with Crippen molar-refractivity contribution < 1.29 is 4.79 Å². The Labute approximate surface area is 134 Å². The molecule has 0 N–H and O–H groups in total. The van der Waals surface area contributed by atoms with E-state index in [2.05, 4.69) is 34.8 Å². The van der Waals surface area contributed by atoms with Crippen LogP contribution in [0.5, 0.6) is 0 Å². The minimum absolute atomic E-state index is 0.00757. The summed E-state index contributed by atoms with van der Waals surface area (Å²) in [5, 5.41) is 0. The Hall–Kier alpha value is -1.68. The van der Waals surface area contributed by atoms with Gasteiger partial charge in [0.05, 0.1) is 5.56 Å². The monoisotopic (exact) mass is 346 g/mol. The van der Waals surface area contributed by atoms with Crippen LogP contribution in [-0.2, 0) is 6.54 Å². The molecular formula is C17H19BrN2O. The first-order chi connectivity index (χ1) is 10.1. The number of hydrogen-bond donors (Lipinski definition) is 0. The summed E-state index contributed by atoms with van der Waals surface area (Å²) in [6.45, 7) is 4.77. The molecule has 0 saturated carbocycles. The summed E-state index contributed by atoms with van der Waals surface area (Å²) in [7, 11) is 0. The smallest absolute Gasteiger partial charge is 0.257 e. The summed E-state index contributed by atoms with van der Waals surface area (Å²) >= 11 is 3.36. The van der Waals surface area contributed by atoms with E-state index < -0.39 is 0 Å². The fourth-order valence-corrected chi connectivity index (χ4v) is 2.55. The van der Waals surface area contributed by atoms with Gasteiger partial charge in [0.2, 0.25) is 0 Å². The SMILES string of the molecule is CCC(C)N(Cc1ccccc1)C(=O)c1cccnc1Br. The Morgan fingerprint density at radius 1 is 1.24 bits per heavy atom. The van der Waals surface area contributed by atoms with Crippen molar-refractivity contribution in [1.82, 2.24) is 9.88 Å². The van der Waals surface area contributed by atoms with Crippen molar-refractivity contribution in [2.45, 2.75) is 32.9 Å². The zero-order valence-electron chi connectivity index (χ0n) is 12.3. The summed E-state index contributed by atoms with van der Waals surface area (Å²) in [5.74, 6) is 0.00757. The van der Waals surface area contributed by atoms with E-state index in [0.717, 1.165) is 12.0 Å². The third kappa shape index (κ3) is 3.91. The van der Waals surface area contributed by atoms with Crippen molar-refractivity contribution in [3.05, 3.63) is 64.4 Å². The van der Waals surface area contributed by atoms with Gasteiger partial charge in [0.15, 0.2) is 0 Å². The fraction of sp³-hybridized carbons (Fsp3) is 0.294. The van der Waals surface area contributed by atoms with Gasteiger partial charge in [-0.2, -0.15) is 0 Å². The molecule has 1 unspecified atom stereocenters. The first-order valence-corrected chi connectivity index (χ1v) is 7.88. The lowest BCUT2D eigenvalue weighted by atomic mass is 10.1. The Morgan fingerprint density at radius 3 is 2.57 bits per heavy atom. The first kappa shape index (κ1) is 15.7. The molecule has 1 atom stereocenters. The molecule has 0 radical (unpaired) electrons. The molecule has 1 aromatic carbocycles. The zero-order valence-corrected chi connectivity index (χ0v) is 13.9. The van der Waals surface area contributed by atoms with Gasteiger partial charge >= 0.3 is 0 Å². The lowest BCUT2D eigenvalue weighted by Gasteiger charge is -2.29. The fourth-order valence-electron chi connectivity index (χ4n) is 2.13. The van der Waals surface area contributed by atoms with Gasteiger partial charge in [0, 0.05) is 18.8 Å². The van der Waals surface area contributed by atoms with Crippen molar-refractivity contribution in [2.24, 2.45) is 0 Å². The lowest BCUT2D eigenvalue weighted by Crippen LogP contribution is -2.38. The summed E-state index contributed by atoms with van der Waals surface area (Å²) < 4.78 is 0.594. The van der Waals surface area contributed by atoms with E-state index in [-0.39, 0.29) is 11.9 Å². The van der Waals surface area contributed by atoms with Crippen LogP contribution in [0.3, 0.4) is 0 Å². The van der Waals surface area contributed by atoms with Crippen LogP contribution in [0.2, 0.25) is 0 Å². The molecular weight excluding hydrogens is 328 g/mol. The van der Waals surface area contributed by atoms with Crippen molar-refractivity contribution >= 4 is 21.8 Å². The highest BCUT2D eigenvalue weighted by molar-refractivity contribution is 9.10. The van der Waals surface area contributed by atoms with Gasteiger partial charge in [-0.25, -0.2) is 4.98 Å². The molecule has 1 aromatic heterocycles. The van der Waals surface area contributed by atoms with E-state index >= 15 is 0 Å². The van der Waals surface area contributed by atoms with Crippen LogP contribution >= 0.6 is 15.9 Å². The molecule has 1 amide bonds. The van der Waals surface area contributed by atoms with E-state index in [1.807, 2.05) is 35.2 Å². The number of pyridine rings is 1. The van der Waals surface area contributed by atoms with Crippen LogP contribution in [-0.4, -0.2) is 21.8 Å².